The molecule has 0 spiro atoms. The molecule has 1 N–H and O–H groups in total. The first-order valence-electron chi connectivity index (χ1n) is 9.93. The molecule has 0 saturated heterocycles. The number of imidazole rings is 1. The molecule has 5 rings (SSSR count). The van der Waals surface area contributed by atoms with Gasteiger partial charge in [0.15, 0.2) is 0 Å². The van der Waals surface area contributed by atoms with Gasteiger partial charge in [-0.1, -0.05) is 42.5 Å². The SMILES string of the molecule is COc1ccc2nc(C(=O)Nc3c(-c4ccccc4)nc4c(C)cccn34)ccc2c1. The largest absolute Gasteiger partial charge is 0.497 e. The molecule has 3 heterocycles. The summed E-state index contributed by atoms with van der Waals surface area (Å²) in [4.78, 5) is 22.5. The van der Waals surface area contributed by atoms with Gasteiger partial charge in [0.25, 0.3) is 5.91 Å². The van der Waals surface area contributed by atoms with E-state index in [-0.39, 0.29) is 5.91 Å². The van der Waals surface area contributed by atoms with Crippen molar-refractivity contribution in [3.8, 4) is 17.0 Å². The molecule has 0 radical (unpaired) electrons. The molecule has 0 aliphatic rings. The third-order valence-corrected chi connectivity index (χ3v) is 5.25. The Morgan fingerprint density at radius 2 is 1.81 bits per heavy atom. The number of ether oxygens (including phenoxy) is 1. The molecule has 0 saturated carbocycles. The molecule has 0 aliphatic heterocycles. The van der Waals surface area contributed by atoms with E-state index in [0.717, 1.165) is 33.4 Å². The summed E-state index contributed by atoms with van der Waals surface area (Å²) < 4.78 is 7.16. The van der Waals surface area contributed by atoms with Crippen LogP contribution in [0.2, 0.25) is 0 Å². The number of anilines is 1. The molecular weight excluding hydrogens is 388 g/mol. The van der Waals surface area contributed by atoms with Gasteiger partial charge in [0.05, 0.1) is 12.6 Å². The van der Waals surface area contributed by atoms with Crippen LogP contribution in [0.25, 0.3) is 27.8 Å². The zero-order chi connectivity index (χ0) is 21.4. The normalized spacial score (nSPS) is 11.0. The Morgan fingerprint density at radius 1 is 0.968 bits per heavy atom. The standard InChI is InChI=1S/C25H20N4O2/c1-16-7-6-14-29-23(16)27-22(17-8-4-3-5-9-17)24(29)28-25(30)21-12-10-18-15-19(31-2)11-13-20(18)26-21/h3-15H,1-2H3,(H,28,30). The van der Waals surface area contributed by atoms with Crippen molar-refractivity contribution in [2.45, 2.75) is 6.92 Å². The number of aromatic nitrogens is 3. The molecule has 31 heavy (non-hydrogen) atoms. The second kappa shape index (κ2) is 7.57. The lowest BCUT2D eigenvalue weighted by molar-refractivity contribution is 0.102. The predicted octanol–water partition coefficient (Wildman–Crippen LogP) is 5.12. The van der Waals surface area contributed by atoms with Gasteiger partial charge in [-0.2, -0.15) is 0 Å². The van der Waals surface area contributed by atoms with Gasteiger partial charge in [-0.15, -0.1) is 0 Å². The number of benzene rings is 2. The van der Waals surface area contributed by atoms with Crippen molar-refractivity contribution in [3.05, 3.63) is 90.3 Å². The number of hydrogen-bond acceptors (Lipinski definition) is 4. The van der Waals surface area contributed by atoms with E-state index in [9.17, 15) is 4.79 Å². The van der Waals surface area contributed by atoms with Gasteiger partial charge >= 0.3 is 0 Å². The van der Waals surface area contributed by atoms with E-state index < -0.39 is 0 Å². The third-order valence-electron chi connectivity index (χ3n) is 5.25. The Labute approximate surface area is 179 Å². The number of methoxy groups -OCH3 is 1. The van der Waals surface area contributed by atoms with Crippen LogP contribution in [0.4, 0.5) is 5.82 Å². The topological polar surface area (TPSA) is 68.5 Å². The number of aryl methyl sites for hydroxylation is 1. The summed E-state index contributed by atoms with van der Waals surface area (Å²) in [7, 11) is 1.62. The number of carbonyl (C=O) groups is 1. The van der Waals surface area contributed by atoms with E-state index in [2.05, 4.69) is 10.3 Å². The van der Waals surface area contributed by atoms with Crippen molar-refractivity contribution in [1.82, 2.24) is 14.4 Å². The summed E-state index contributed by atoms with van der Waals surface area (Å²) in [5.74, 6) is 1.07. The van der Waals surface area contributed by atoms with Crippen molar-refractivity contribution < 1.29 is 9.53 Å². The molecule has 1 amide bonds. The number of rotatable bonds is 4. The van der Waals surface area contributed by atoms with Crippen LogP contribution in [-0.4, -0.2) is 27.4 Å². The maximum absolute atomic E-state index is 13.2. The highest BCUT2D eigenvalue weighted by atomic mass is 16.5. The molecule has 0 atom stereocenters. The van der Waals surface area contributed by atoms with Crippen LogP contribution in [0.3, 0.4) is 0 Å². The van der Waals surface area contributed by atoms with Gasteiger partial charge in [-0.25, -0.2) is 9.97 Å². The van der Waals surface area contributed by atoms with Crippen molar-refractivity contribution in [2.24, 2.45) is 0 Å². The first-order valence-corrected chi connectivity index (χ1v) is 9.93. The van der Waals surface area contributed by atoms with Crippen molar-refractivity contribution >= 4 is 28.3 Å². The average Bonchev–Trinajstić information content (AvgIpc) is 3.18. The van der Waals surface area contributed by atoms with Crippen molar-refractivity contribution in [1.29, 1.82) is 0 Å². The Kier molecular flexibility index (Phi) is 4.59. The summed E-state index contributed by atoms with van der Waals surface area (Å²) in [5.41, 5.74) is 4.53. The maximum atomic E-state index is 13.2. The van der Waals surface area contributed by atoms with E-state index in [1.807, 2.05) is 84.3 Å². The van der Waals surface area contributed by atoms with E-state index in [0.29, 0.717) is 17.2 Å². The van der Waals surface area contributed by atoms with Crippen molar-refractivity contribution in [3.63, 3.8) is 0 Å². The predicted molar refractivity (Wildman–Crippen MR) is 122 cm³/mol. The number of nitrogens with zero attached hydrogens (tertiary/aromatic N) is 3. The minimum absolute atomic E-state index is 0.293. The highest BCUT2D eigenvalue weighted by molar-refractivity contribution is 6.05. The Morgan fingerprint density at radius 3 is 2.61 bits per heavy atom. The van der Waals surface area contributed by atoms with E-state index in [4.69, 9.17) is 9.72 Å². The van der Waals surface area contributed by atoms with Crippen LogP contribution in [0.1, 0.15) is 16.1 Å². The molecular formula is C25H20N4O2. The van der Waals surface area contributed by atoms with Crippen LogP contribution in [0, 0.1) is 6.92 Å². The number of pyridine rings is 2. The molecule has 0 fully saturated rings. The number of carbonyl (C=O) groups excluding carboxylic acids is 1. The summed E-state index contributed by atoms with van der Waals surface area (Å²) in [5, 5.41) is 3.95. The molecule has 0 unspecified atom stereocenters. The van der Waals surface area contributed by atoms with E-state index in [1.54, 1.807) is 13.2 Å². The fraction of sp³-hybridized carbons (Fsp3) is 0.0800. The summed E-state index contributed by atoms with van der Waals surface area (Å²) in [6.07, 6.45) is 1.90. The van der Waals surface area contributed by atoms with Gasteiger partial charge in [0.1, 0.15) is 28.6 Å². The zero-order valence-electron chi connectivity index (χ0n) is 17.2. The van der Waals surface area contributed by atoms with Crippen LogP contribution < -0.4 is 10.1 Å². The number of hydrogen-bond donors (Lipinski definition) is 1. The van der Waals surface area contributed by atoms with Gasteiger partial charge in [-0.05, 0) is 42.8 Å². The van der Waals surface area contributed by atoms with Crippen LogP contribution in [-0.2, 0) is 0 Å². The van der Waals surface area contributed by atoms with E-state index >= 15 is 0 Å². The lowest BCUT2D eigenvalue weighted by Crippen LogP contribution is -2.15. The Hall–Kier alpha value is -4.19. The van der Waals surface area contributed by atoms with Gasteiger partial charge < -0.3 is 10.1 Å². The Bertz CT molecular complexity index is 1420. The number of amides is 1. The molecule has 0 bridgehead atoms. The fourth-order valence-electron chi connectivity index (χ4n) is 3.65. The van der Waals surface area contributed by atoms with Crippen molar-refractivity contribution in [2.75, 3.05) is 12.4 Å². The lowest BCUT2D eigenvalue weighted by Gasteiger charge is -2.09. The first kappa shape index (κ1) is 18.8. The summed E-state index contributed by atoms with van der Waals surface area (Å²) in [6, 6.07) is 22.9. The smallest absolute Gasteiger partial charge is 0.275 e. The maximum Gasteiger partial charge on any atom is 0.275 e. The molecule has 6 heteroatoms. The second-order valence-electron chi connectivity index (χ2n) is 7.27. The average molecular weight is 408 g/mol. The molecule has 5 aromatic rings. The second-order valence-corrected chi connectivity index (χ2v) is 7.27. The number of nitrogens with one attached hydrogen (secondary N) is 1. The third kappa shape index (κ3) is 3.38. The quantitative estimate of drug-likeness (QED) is 0.448. The molecule has 2 aromatic carbocycles. The van der Waals surface area contributed by atoms with Crippen LogP contribution in [0.5, 0.6) is 5.75 Å². The molecule has 3 aromatic heterocycles. The summed E-state index contributed by atoms with van der Waals surface area (Å²) in [6.45, 7) is 2.00. The highest BCUT2D eigenvalue weighted by Crippen LogP contribution is 2.30. The van der Waals surface area contributed by atoms with Crippen LogP contribution in [0.15, 0.2) is 79.0 Å². The lowest BCUT2D eigenvalue weighted by atomic mass is 10.1. The minimum Gasteiger partial charge on any atom is -0.497 e. The van der Waals surface area contributed by atoms with Crippen LogP contribution >= 0.6 is 0 Å². The van der Waals surface area contributed by atoms with E-state index in [1.165, 1.54) is 0 Å². The summed E-state index contributed by atoms with van der Waals surface area (Å²) >= 11 is 0. The first-order chi connectivity index (χ1) is 15.1. The van der Waals surface area contributed by atoms with Gasteiger partial charge in [-0.3, -0.25) is 9.20 Å². The Balaban J connectivity index is 1.58. The minimum atomic E-state index is -0.293. The highest BCUT2D eigenvalue weighted by Gasteiger charge is 2.19. The van der Waals surface area contributed by atoms with Gasteiger partial charge in [0, 0.05) is 17.1 Å². The molecule has 0 aliphatic carbocycles. The molecule has 152 valence electrons. The zero-order valence-corrected chi connectivity index (χ0v) is 17.2. The fourth-order valence-corrected chi connectivity index (χ4v) is 3.65. The molecule has 6 nitrogen and oxygen atoms in total. The number of fused-ring (bicyclic) bond motifs is 2. The monoisotopic (exact) mass is 408 g/mol. The van der Waals surface area contributed by atoms with Gasteiger partial charge in [0.2, 0.25) is 0 Å².